The summed E-state index contributed by atoms with van der Waals surface area (Å²) in [5.41, 5.74) is -1.31. The molecule has 0 bridgehead atoms. The van der Waals surface area contributed by atoms with Gasteiger partial charge in [-0.2, -0.15) is 0 Å². The van der Waals surface area contributed by atoms with E-state index in [-0.39, 0.29) is 19.1 Å². The Kier molecular flexibility index (Phi) is 4.29. The molecule has 2 heterocycles. The molecule has 7 heteroatoms. The van der Waals surface area contributed by atoms with Gasteiger partial charge in [-0.05, 0) is 26.0 Å². The summed E-state index contributed by atoms with van der Waals surface area (Å²) in [6, 6.07) is 3.29. The van der Waals surface area contributed by atoms with Crippen LogP contribution in [0.25, 0.3) is 0 Å². The second-order valence-electron chi connectivity index (χ2n) is 4.96. The Morgan fingerprint density at radius 2 is 2.25 bits per heavy atom. The number of rotatable bonds is 4. The van der Waals surface area contributed by atoms with Crippen LogP contribution in [0.15, 0.2) is 12.1 Å². The number of hydrogen-bond donors (Lipinski definition) is 3. The van der Waals surface area contributed by atoms with Crippen LogP contribution in [0.4, 0.5) is 4.79 Å². The number of ether oxygens (including phenoxy) is 1. The Labute approximate surface area is 121 Å². The van der Waals surface area contributed by atoms with Crippen molar-refractivity contribution >= 4 is 23.3 Å². The average molecular weight is 298 g/mol. The van der Waals surface area contributed by atoms with Crippen molar-refractivity contribution in [2.75, 3.05) is 13.2 Å². The molecule has 1 aliphatic heterocycles. The van der Waals surface area contributed by atoms with Gasteiger partial charge in [0.15, 0.2) is 5.54 Å². The van der Waals surface area contributed by atoms with Gasteiger partial charge in [0.2, 0.25) is 0 Å². The Hall–Kier alpha value is -1.60. The molecular formula is C13H18N2O4S. The van der Waals surface area contributed by atoms with Crippen LogP contribution in [0.2, 0.25) is 0 Å². The fourth-order valence-corrected chi connectivity index (χ4v) is 2.97. The monoisotopic (exact) mass is 298 g/mol. The van der Waals surface area contributed by atoms with E-state index in [4.69, 9.17) is 4.74 Å². The smallest absolute Gasteiger partial charge is 0.332 e. The number of aliphatic carboxylic acids is 1. The van der Waals surface area contributed by atoms with E-state index in [0.29, 0.717) is 6.61 Å². The molecule has 6 nitrogen and oxygen atoms in total. The number of carboxylic acid groups (broad SMARTS) is 1. The summed E-state index contributed by atoms with van der Waals surface area (Å²) in [7, 11) is 0. The lowest BCUT2D eigenvalue weighted by molar-refractivity contribution is -0.144. The molecule has 20 heavy (non-hydrogen) atoms. The Morgan fingerprint density at radius 1 is 1.50 bits per heavy atom. The van der Waals surface area contributed by atoms with Crippen molar-refractivity contribution in [3.8, 4) is 0 Å². The third-order valence-corrected chi connectivity index (χ3v) is 4.50. The third kappa shape index (κ3) is 3.10. The van der Waals surface area contributed by atoms with Crippen LogP contribution in [0, 0.1) is 6.92 Å². The molecule has 1 aliphatic rings. The first-order valence-corrected chi connectivity index (χ1v) is 7.21. The lowest BCUT2D eigenvalue weighted by Gasteiger charge is -2.25. The molecule has 1 aromatic rings. The Balaban J connectivity index is 1.96. The normalized spacial score (nSPS) is 23.3. The van der Waals surface area contributed by atoms with E-state index in [1.165, 1.54) is 4.88 Å². The second-order valence-corrected chi connectivity index (χ2v) is 6.28. The summed E-state index contributed by atoms with van der Waals surface area (Å²) in [6.45, 7) is 4.20. The molecule has 1 aromatic heterocycles. The number of aryl methyl sites for hydroxylation is 1. The maximum absolute atomic E-state index is 12.0. The van der Waals surface area contributed by atoms with Gasteiger partial charge in [0, 0.05) is 22.8 Å². The SMILES string of the molecule is Cc1ccc(C(C)NC(=O)NC2(C(=O)O)CCOC2)s1. The van der Waals surface area contributed by atoms with Gasteiger partial charge >= 0.3 is 12.0 Å². The van der Waals surface area contributed by atoms with E-state index in [0.717, 1.165) is 4.88 Å². The minimum atomic E-state index is -1.31. The minimum Gasteiger partial charge on any atom is -0.479 e. The number of urea groups is 1. The first-order chi connectivity index (χ1) is 9.43. The number of nitrogens with one attached hydrogen (secondary N) is 2. The third-order valence-electron chi connectivity index (χ3n) is 3.32. The van der Waals surface area contributed by atoms with E-state index < -0.39 is 17.5 Å². The first-order valence-electron chi connectivity index (χ1n) is 6.39. The fraction of sp³-hybridized carbons (Fsp3) is 0.538. The van der Waals surface area contributed by atoms with Crippen LogP contribution in [0.1, 0.15) is 29.1 Å². The predicted octanol–water partition coefficient (Wildman–Crippen LogP) is 1.66. The molecule has 1 saturated heterocycles. The second kappa shape index (κ2) is 5.80. The van der Waals surface area contributed by atoms with Gasteiger partial charge in [-0.1, -0.05) is 0 Å². The van der Waals surface area contributed by atoms with Crippen LogP contribution in [-0.2, 0) is 9.53 Å². The summed E-state index contributed by atoms with van der Waals surface area (Å²) in [4.78, 5) is 25.5. The van der Waals surface area contributed by atoms with Gasteiger partial charge in [0.25, 0.3) is 0 Å². The zero-order valence-electron chi connectivity index (χ0n) is 11.4. The molecule has 0 aromatic carbocycles. The van der Waals surface area contributed by atoms with Crippen molar-refractivity contribution in [3.63, 3.8) is 0 Å². The highest BCUT2D eigenvalue weighted by molar-refractivity contribution is 7.12. The molecular weight excluding hydrogens is 280 g/mol. The summed E-state index contributed by atoms with van der Waals surface area (Å²) in [6.07, 6.45) is 0.280. The highest BCUT2D eigenvalue weighted by atomic mass is 32.1. The molecule has 2 unspecified atom stereocenters. The molecule has 2 atom stereocenters. The summed E-state index contributed by atoms with van der Waals surface area (Å²) in [5.74, 6) is -1.07. The van der Waals surface area contributed by atoms with Crippen LogP contribution < -0.4 is 10.6 Å². The topological polar surface area (TPSA) is 87.7 Å². The minimum absolute atomic E-state index is 0.00223. The molecule has 3 N–H and O–H groups in total. The number of carbonyl (C=O) groups excluding carboxylic acids is 1. The zero-order valence-corrected chi connectivity index (χ0v) is 12.3. The van der Waals surface area contributed by atoms with Crippen molar-refractivity contribution in [2.45, 2.75) is 31.8 Å². The number of hydrogen-bond acceptors (Lipinski definition) is 4. The van der Waals surface area contributed by atoms with Gasteiger partial charge in [0.1, 0.15) is 0 Å². The Bertz CT molecular complexity index is 508. The quantitative estimate of drug-likeness (QED) is 0.789. The average Bonchev–Trinajstić information content (AvgIpc) is 2.98. The van der Waals surface area contributed by atoms with Gasteiger partial charge in [0.05, 0.1) is 12.6 Å². The van der Waals surface area contributed by atoms with Crippen LogP contribution in [0.3, 0.4) is 0 Å². The summed E-state index contributed by atoms with van der Waals surface area (Å²) < 4.78 is 5.09. The van der Waals surface area contributed by atoms with Crippen molar-refractivity contribution in [1.82, 2.24) is 10.6 Å². The standard InChI is InChI=1S/C13H18N2O4S/c1-8-3-4-10(20-8)9(2)14-12(18)15-13(11(16)17)5-6-19-7-13/h3-4,9H,5-7H2,1-2H3,(H,16,17)(H2,14,15,18). The summed E-state index contributed by atoms with van der Waals surface area (Å²) in [5, 5.41) is 14.5. The van der Waals surface area contributed by atoms with Crippen molar-refractivity contribution in [1.29, 1.82) is 0 Å². The molecule has 110 valence electrons. The van der Waals surface area contributed by atoms with Gasteiger partial charge in [-0.15, -0.1) is 11.3 Å². The van der Waals surface area contributed by atoms with E-state index in [9.17, 15) is 14.7 Å². The Morgan fingerprint density at radius 3 is 2.75 bits per heavy atom. The van der Waals surface area contributed by atoms with Crippen LogP contribution in [-0.4, -0.2) is 35.9 Å². The fourth-order valence-electron chi connectivity index (χ4n) is 2.09. The highest BCUT2D eigenvalue weighted by Gasteiger charge is 2.44. The molecule has 1 fully saturated rings. The number of carbonyl (C=O) groups is 2. The number of carboxylic acids is 1. The van der Waals surface area contributed by atoms with Crippen LogP contribution >= 0.6 is 11.3 Å². The van der Waals surface area contributed by atoms with E-state index in [1.807, 2.05) is 26.0 Å². The summed E-state index contributed by atoms with van der Waals surface area (Å²) >= 11 is 1.60. The molecule has 2 amide bonds. The van der Waals surface area contributed by atoms with Crippen LogP contribution in [0.5, 0.6) is 0 Å². The van der Waals surface area contributed by atoms with Crippen molar-refractivity contribution in [3.05, 3.63) is 21.9 Å². The van der Waals surface area contributed by atoms with E-state index in [2.05, 4.69) is 10.6 Å². The number of thiophene rings is 1. The molecule has 0 radical (unpaired) electrons. The van der Waals surface area contributed by atoms with E-state index in [1.54, 1.807) is 11.3 Å². The maximum atomic E-state index is 12.0. The van der Waals surface area contributed by atoms with Crippen molar-refractivity contribution < 1.29 is 19.4 Å². The molecule has 0 aliphatic carbocycles. The molecule has 0 spiro atoms. The lowest BCUT2D eigenvalue weighted by Crippen LogP contribution is -2.57. The zero-order chi connectivity index (χ0) is 14.8. The van der Waals surface area contributed by atoms with Gasteiger partial charge in [-0.3, -0.25) is 0 Å². The largest absolute Gasteiger partial charge is 0.479 e. The maximum Gasteiger partial charge on any atom is 0.332 e. The van der Waals surface area contributed by atoms with E-state index >= 15 is 0 Å². The number of amides is 2. The molecule has 2 rings (SSSR count). The van der Waals surface area contributed by atoms with Gasteiger partial charge < -0.3 is 20.5 Å². The van der Waals surface area contributed by atoms with Gasteiger partial charge in [-0.25, -0.2) is 9.59 Å². The predicted molar refractivity (Wildman–Crippen MR) is 74.9 cm³/mol. The first kappa shape index (κ1) is 14.8. The molecule has 0 saturated carbocycles. The highest BCUT2D eigenvalue weighted by Crippen LogP contribution is 2.23. The van der Waals surface area contributed by atoms with Crippen molar-refractivity contribution in [2.24, 2.45) is 0 Å². The lowest BCUT2D eigenvalue weighted by atomic mass is 9.99.